The molecule has 1 heterocycles. The van der Waals surface area contributed by atoms with Crippen LogP contribution in [0.4, 0.5) is 8.78 Å². The molecular weight excluding hydrogens is 298 g/mol. The molecule has 1 aromatic carbocycles. The van der Waals surface area contributed by atoms with Gasteiger partial charge in [-0.25, -0.2) is 0 Å². The van der Waals surface area contributed by atoms with E-state index < -0.39 is 22.9 Å². The Kier molecular flexibility index (Phi) is 3.66. The Bertz CT molecular complexity index is 556. The van der Waals surface area contributed by atoms with E-state index in [1.165, 1.54) is 18.2 Å². The summed E-state index contributed by atoms with van der Waals surface area (Å²) < 4.78 is 28.6. The Balaban J connectivity index is 1.71. The first-order chi connectivity index (χ1) is 9.93. The smallest absolute Gasteiger partial charge is 0.344 e. The van der Waals surface area contributed by atoms with Crippen molar-refractivity contribution in [2.75, 3.05) is 19.6 Å². The van der Waals surface area contributed by atoms with Gasteiger partial charge in [0.15, 0.2) is 0 Å². The zero-order valence-corrected chi connectivity index (χ0v) is 12.3. The van der Waals surface area contributed by atoms with Crippen molar-refractivity contribution in [3.63, 3.8) is 0 Å². The third kappa shape index (κ3) is 2.90. The Morgan fingerprint density at radius 2 is 2.00 bits per heavy atom. The van der Waals surface area contributed by atoms with Crippen LogP contribution in [0.2, 0.25) is 5.02 Å². The van der Waals surface area contributed by atoms with Crippen LogP contribution in [-0.2, 0) is 10.7 Å². The first-order valence-corrected chi connectivity index (χ1v) is 7.49. The molecule has 0 aromatic heterocycles. The number of alkyl halides is 2. The molecule has 3 rings (SSSR count). The van der Waals surface area contributed by atoms with Crippen LogP contribution in [0.1, 0.15) is 24.8 Å². The van der Waals surface area contributed by atoms with Crippen molar-refractivity contribution < 1.29 is 13.6 Å². The summed E-state index contributed by atoms with van der Waals surface area (Å²) in [6.45, 7) is 2.63. The summed E-state index contributed by atoms with van der Waals surface area (Å²) in [5.74, 6) is -4.86. The molecular formula is C15H17ClF2N2O. The fourth-order valence-electron chi connectivity index (χ4n) is 2.60. The molecule has 1 N–H and O–H groups in total. The second-order valence-corrected chi connectivity index (χ2v) is 6.33. The van der Waals surface area contributed by atoms with E-state index in [1.807, 2.05) is 0 Å². The summed E-state index contributed by atoms with van der Waals surface area (Å²) in [5.41, 5.74) is -0.911. The predicted molar refractivity (Wildman–Crippen MR) is 76.5 cm³/mol. The van der Waals surface area contributed by atoms with Crippen LogP contribution in [0.5, 0.6) is 0 Å². The second-order valence-electron chi connectivity index (χ2n) is 5.92. The minimum atomic E-state index is -3.61. The maximum absolute atomic E-state index is 14.3. The highest BCUT2D eigenvalue weighted by molar-refractivity contribution is 6.31. The van der Waals surface area contributed by atoms with Gasteiger partial charge in [0.05, 0.1) is 10.6 Å². The zero-order chi connectivity index (χ0) is 15.1. The number of carbonyl (C=O) groups excluding carboxylic acids is 1. The van der Waals surface area contributed by atoms with Gasteiger partial charge < -0.3 is 10.2 Å². The maximum Gasteiger partial charge on any atom is 0.351 e. The first-order valence-electron chi connectivity index (χ1n) is 7.11. The number of benzene rings is 1. The van der Waals surface area contributed by atoms with Crippen molar-refractivity contribution in [2.24, 2.45) is 0 Å². The normalized spacial score (nSPS) is 20.7. The maximum atomic E-state index is 14.3. The van der Waals surface area contributed by atoms with Gasteiger partial charge in [-0.15, -0.1) is 0 Å². The number of rotatable bonds is 5. The molecule has 0 spiro atoms. The summed E-state index contributed by atoms with van der Waals surface area (Å²) in [7, 11) is 0. The second kappa shape index (κ2) is 5.21. The molecule has 2 fully saturated rings. The summed E-state index contributed by atoms with van der Waals surface area (Å²) in [5, 5.41) is 2.45. The monoisotopic (exact) mass is 314 g/mol. The molecule has 1 saturated heterocycles. The number of nitrogens with zero attached hydrogens (tertiary/aromatic N) is 1. The third-order valence-electron chi connectivity index (χ3n) is 4.20. The third-order valence-corrected chi connectivity index (χ3v) is 4.53. The van der Waals surface area contributed by atoms with Crippen molar-refractivity contribution >= 4 is 17.5 Å². The molecule has 6 heteroatoms. The Hall–Kier alpha value is -1.20. The van der Waals surface area contributed by atoms with E-state index in [-0.39, 0.29) is 5.02 Å². The quantitative estimate of drug-likeness (QED) is 0.906. The van der Waals surface area contributed by atoms with E-state index in [0.717, 1.165) is 32.4 Å². The lowest BCUT2D eigenvalue weighted by Crippen LogP contribution is -2.53. The molecule has 0 radical (unpaired) electrons. The fraction of sp³-hybridized carbons (Fsp3) is 0.533. The standard InChI is InChI=1S/C15H17ClF2N2O/c16-12-5-2-1-4-11(12)15(17,18)13(21)19-14(6-7-14)10-20-8-3-9-20/h1-2,4-5H,3,6-10H2,(H,19,21). The van der Waals surface area contributed by atoms with Gasteiger partial charge in [-0.1, -0.05) is 29.8 Å². The number of hydrogen-bond donors (Lipinski definition) is 1. The number of hydrogen-bond acceptors (Lipinski definition) is 2. The Morgan fingerprint density at radius 3 is 2.52 bits per heavy atom. The minimum absolute atomic E-state index is 0.0924. The molecule has 0 bridgehead atoms. The van der Waals surface area contributed by atoms with Crippen LogP contribution in [0.25, 0.3) is 0 Å². The molecule has 1 amide bonds. The molecule has 1 aromatic rings. The van der Waals surface area contributed by atoms with Crippen molar-refractivity contribution in [2.45, 2.75) is 30.7 Å². The molecule has 2 aliphatic rings. The van der Waals surface area contributed by atoms with Crippen molar-refractivity contribution in [1.29, 1.82) is 0 Å². The SMILES string of the molecule is O=C(NC1(CN2CCC2)CC1)C(F)(F)c1ccccc1Cl. The average Bonchev–Trinajstić information content (AvgIpc) is 3.14. The van der Waals surface area contributed by atoms with Crippen LogP contribution in [0, 0.1) is 0 Å². The minimum Gasteiger partial charge on any atom is -0.344 e. The number of carbonyl (C=O) groups is 1. The average molecular weight is 315 g/mol. The van der Waals surface area contributed by atoms with Crippen molar-refractivity contribution in [3.8, 4) is 0 Å². The van der Waals surface area contributed by atoms with E-state index in [2.05, 4.69) is 10.2 Å². The van der Waals surface area contributed by atoms with Crippen LogP contribution in [-0.4, -0.2) is 36.0 Å². The van der Waals surface area contributed by atoms with Crippen LogP contribution >= 0.6 is 11.6 Å². The van der Waals surface area contributed by atoms with E-state index in [0.29, 0.717) is 6.54 Å². The number of nitrogens with one attached hydrogen (secondary N) is 1. The highest BCUT2D eigenvalue weighted by atomic mass is 35.5. The van der Waals surface area contributed by atoms with Crippen molar-refractivity contribution in [3.05, 3.63) is 34.9 Å². The van der Waals surface area contributed by atoms with E-state index in [9.17, 15) is 13.6 Å². The van der Waals surface area contributed by atoms with Gasteiger partial charge in [0, 0.05) is 12.1 Å². The molecule has 3 nitrogen and oxygen atoms in total. The van der Waals surface area contributed by atoms with Gasteiger partial charge in [-0.3, -0.25) is 4.79 Å². The zero-order valence-electron chi connectivity index (χ0n) is 11.5. The van der Waals surface area contributed by atoms with Gasteiger partial charge in [0.2, 0.25) is 0 Å². The summed E-state index contributed by atoms with van der Waals surface area (Å²) in [6, 6.07) is 5.57. The van der Waals surface area contributed by atoms with Crippen LogP contribution in [0.15, 0.2) is 24.3 Å². The van der Waals surface area contributed by atoms with Gasteiger partial charge in [0.1, 0.15) is 0 Å². The molecule has 0 unspecified atom stereocenters. The first kappa shape index (κ1) is 14.7. The number of likely N-dealkylation sites (tertiary alicyclic amines) is 1. The Morgan fingerprint density at radius 1 is 1.33 bits per heavy atom. The fourth-order valence-corrected chi connectivity index (χ4v) is 2.85. The highest BCUT2D eigenvalue weighted by Gasteiger charge is 2.51. The van der Waals surface area contributed by atoms with Crippen LogP contribution in [0.3, 0.4) is 0 Å². The van der Waals surface area contributed by atoms with Gasteiger partial charge >= 0.3 is 5.92 Å². The van der Waals surface area contributed by atoms with Gasteiger partial charge in [-0.2, -0.15) is 8.78 Å². The summed E-state index contributed by atoms with van der Waals surface area (Å²) in [4.78, 5) is 14.2. The van der Waals surface area contributed by atoms with Crippen LogP contribution < -0.4 is 5.32 Å². The molecule has 114 valence electrons. The number of amides is 1. The summed E-state index contributed by atoms with van der Waals surface area (Å²) >= 11 is 5.79. The molecule has 21 heavy (non-hydrogen) atoms. The van der Waals surface area contributed by atoms with Crippen molar-refractivity contribution in [1.82, 2.24) is 10.2 Å². The Labute approximate surface area is 127 Å². The number of halogens is 3. The summed E-state index contributed by atoms with van der Waals surface area (Å²) in [6.07, 6.45) is 2.65. The molecule has 1 aliphatic heterocycles. The lowest BCUT2D eigenvalue weighted by Gasteiger charge is -2.35. The largest absolute Gasteiger partial charge is 0.351 e. The molecule has 1 aliphatic carbocycles. The lowest BCUT2D eigenvalue weighted by molar-refractivity contribution is -0.148. The predicted octanol–water partition coefficient (Wildman–Crippen LogP) is 2.79. The molecule has 0 atom stereocenters. The lowest BCUT2D eigenvalue weighted by atomic mass is 10.1. The van der Waals surface area contributed by atoms with E-state index in [4.69, 9.17) is 11.6 Å². The van der Waals surface area contributed by atoms with Gasteiger partial charge in [-0.05, 0) is 38.4 Å². The van der Waals surface area contributed by atoms with E-state index >= 15 is 0 Å². The molecule has 1 saturated carbocycles. The highest BCUT2D eigenvalue weighted by Crippen LogP contribution is 2.40. The topological polar surface area (TPSA) is 32.3 Å². The van der Waals surface area contributed by atoms with E-state index in [1.54, 1.807) is 6.07 Å². The van der Waals surface area contributed by atoms with Gasteiger partial charge in [0.25, 0.3) is 5.91 Å².